The topological polar surface area (TPSA) is 236 Å². The van der Waals surface area contributed by atoms with Gasteiger partial charge in [0.25, 0.3) is 0 Å². The van der Waals surface area contributed by atoms with Crippen LogP contribution in [0.15, 0.2) is 5.11 Å². The lowest BCUT2D eigenvalue weighted by molar-refractivity contribution is -0.348. The molecule has 7 N–H and O–H groups in total. The number of aliphatic hydroxyl groups is 6. The first-order chi connectivity index (χ1) is 14.7. The van der Waals surface area contributed by atoms with E-state index in [1.165, 1.54) is 6.92 Å². The zero-order valence-electron chi connectivity index (χ0n) is 16.7. The Hall–Kier alpha value is -1.62. The normalized spacial score (nSPS) is 40.7. The zero-order valence-corrected chi connectivity index (χ0v) is 16.7. The van der Waals surface area contributed by atoms with E-state index in [-0.39, 0.29) is 13.2 Å². The monoisotopic (exact) mass is 452 g/mol. The number of carbonyl (C=O) groups excluding carboxylic acids is 1. The molecule has 0 spiro atoms. The summed E-state index contributed by atoms with van der Waals surface area (Å²) in [6.07, 6.45) is -13.3. The van der Waals surface area contributed by atoms with Crippen LogP contribution >= 0.6 is 0 Å². The number of carbonyl (C=O) groups is 1. The molecule has 2 heterocycles. The molecule has 0 aromatic rings. The number of hydrogen-bond acceptors (Lipinski definition) is 12. The van der Waals surface area contributed by atoms with Gasteiger partial charge in [0.05, 0.1) is 19.8 Å². The first-order valence-electron chi connectivity index (χ1n) is 9.55. The van der Waals surface area contributed by atoms with Crippen LogP contribution in [0, 0.1) is 0 Å². The summed E-state index contributed by atoms with van der Waals surface area (Å²) in [7, 11) is 0. The van der Waals surface area contributed by atoms with Crippen molar-refractivity contribution in [1.29, 1.82) is 0 Å². The van der Waals surface area contributed by atoms with Crippen LogP contribution in [0.25, 0.3) is 10.4 Å². The van der Waals surface area contributed by atoms with E-state index in [9.17, 15) is 35.4 Å². The van der Waals surface area contributed by atoms with Gasteiger partial charge in [-0.1, -0.05) is 5.11 Å². The van der Waals surface area contributed by atoms with Gasteiger partial charge in [-0.3, -0.25) is 4.79 Å². The van der Waals surface area contributed by atoms with Crippen molar-refractivity contribution in [2.24, 2.45) is 5.11 Å². The fourth-order valence-electron chi connectivity index (χ4n) is 3.35. The SMILES string of the molecule is CC(=O)NC1[C@H](OCCN=[N+]=[N-])OC(CO)[C@H](O[C@@H]2OC(CO)[C@H](O)[C@H](O)C2O)[C@@H]1O. The summed E-state index contributed by atoms with van der Waals surface area (Å²) >= 11 is 0. The van der Waals surface area contributed by atoms with Gasteiger partial charge in [0.1, 0.15) is 48.8 Å². The zero-order chi connectivity index (χ0) is 23.1. The maximum Gasteiger partial charge on any atom is 0.217 e. The number of hydrogen-bond donors (Lipinski definition) is 7. The molecule has 2 saturated heterocycles. The Balaban J connectivity index is 2.18. The highest BCUT2D eigenvalue weighted by Crippen LogP contribution is 2.29. The third-order valence-electron chi connectivity index (χ3n) is 4.90. The Morgan fingerprint density at radius 1 is 1.03 bits per heavy atom. The van der Waals surface area contributed by atoms with Crippen LogP contribution in [-0.4, -0.2) is 124 Å². The minimum Gasteiger partial charge on any atom is -0.394 e. The van der Waals surface area contributed by atoms with Gasteiger partial charge in [-0.2, -0.15) is 0 Å². The molecule has 0 saturated carbocycles. The van der Waals surface area contributed by atoms with Gasteiger partial charge in [-0.15, -0.1) is 0 Å². The fourth-order valence-corrected chi connectivity index (χ4v) is 3.35. The molecule has 4 unspecified atom stereocenters. The Kier molecular flexibility index (Phi) is 9.80. The van der Waals surface area contributed by atoms with Gasteiger partial charge in [-0.05, 0) is 5.53 Å². The van der Waals surface area contributed by atoms with Crippen LogP contribution in [0.4, 0.5) is 0 Å². The van der Waals surface area contributed by atoms with E-state index < -0.39 is 80.5 Å². The molecular formula is C16H28N4O11. The molecule has 0 aromatic heterocycles. The van der Waals surface area contributed by atoms with E-state index in [1.54, 1.807) is 0 Å². The Morgan fingerprint density at radius 3 is 2.26 bits per heavy atom. The standard InChI is InChI=1S/C16H28N4O11/c1-6(23)19-9-11(25)14(8(5-22)30-15(9)28-3-2-18-20-17)31-16-13(27)12(26)10(24)7(4-21)29-16/h7-16,21-22,24-27H,2-5H2,1H3,(H,19,23)/t7?,8?,9?,10-,11+,12-,13?,14-,15+,16-/m0/s1. The van der Waals surface area contributed by atoms with Crippen molar-refractivity contribution >= 4 is 5.91 Å². The summed E-state index contributed by atoms with van der Waals surface area (Å²) in [6, 6.07) is -1.18. The van der Waals surface area contributed by atoms with Crippen molar-refractivity contribution in [2.45, 2.75) is 68.3 Å². The van der Waals surface area contributed by atoms with Crippen LogP contribution in [0.1, 0.15) is 6.92 Å². The number of nitrogens with one attached hydrogen (secondary N) is 1. The third-order valence-corrected chi connectivity index (χ3v) is 4.90. The van der Waals surface area contributed by atoms with Gasteiger partial charge >= 0.3 is 0 Å². The summed E-state index contributed by atoms with van der Waals surface area (Å²) in [6.45, 7) is -0.313. The van der Waals surface area contributed by atoms with Gasteiger partial charge in [-0.25, -0.2) is 0 Å². The van der Waals surface area contributed by atoms with Gasteiger partial charge in [0, 0.05) is 18.4 Å². The fraction of sp³-hybridized carbons (Fsp3) is 0.938. The van der Waals surface area contributed by atoms with E-state index in [4.69, 9.17) is 24.5 Å². The molecule has 15 nitrogen and oxygen atoms in total. The second-order valence-electron chi connectivity index (χ2n) is 7.07. The first-order valence-corrected chi connectivity index (χ1v) is 9.55. The molecule has 0 bridgehead atoms. The molecule has 2 aliphatic rings. The average Bonchev–Trinajstić information content (AvgIpc) is 2.74. The summed E-state index contributed by atoms with van der Waals surface area (Å²) in [5.41, 5.74) is 8.32. The molecule has 0 aromatic carbocycles. The van der Waals surface area contributed by atoms with Gasteiger partial charge < -0.3 is 54.9 Å². The summed E-state index contributed by atoms with van der Waals surface area (Å²) in [5, 5.41) is 65.5. The highest BCUT2D eigenvalue weighted by atomic mass is 16.7. The molecule has 178 valence electrons. The predicted octanol–water partition coefficient (Wildman–Crippen LogP) is -3.92. The van der Waals surface area contributed by atoms with Crippen LogP contribution < -0.4 is 5.32 Å². The number of rotatable bonds is 9. The molecule has 15 heteroatoms. The number of ether oxygens (including phenoxy) is 4. The molecule has 31 heavy (non-hydrogen) atoms. The first kappa shape index (κ1) is 25.6. The second kappa shape index (κ2) is 11.8. The van der Waals surface area contributed by atoms with Crippen LogP contribution in [0.5, 0.6) is 0 Å². The smallest absolute Gasteiger partial charge is 0.217 e. The average molecular weight is 452 g/mol. The van der Waals surface area contributed by atoms with E-state index in [2.05, 4.69) is 15.3 Å². The highest BCUT2D eigenvalue weighted by Gasteiger charge is 2.51. The van der Waals surface area contributed by atoms with Crippen molar-refractivity contribution in [3.05, 3.63) is 10.4 Å². The molecule has 2 aliphatic heterocycles. The van der Waals surface area contributed by atoms with Gasteiger partial charge in [0.2, 0.25) is 5.91 Å². The second-order valence-corrected chi connectivity index (χ2v) is 7.07. The summed E-state index contributed by atoms with van der Waals surface area (Å²) in [4.78, 5) is 14.2. The number of azide groups is 1. The largest absolute Gasteiger partial charge is 0.394 e. The van der Waals surface area contributed by atoms with Crippen LogP contribution in [-0.2, 0) is 23.7 Å². The van der Waals surface area contributed by atoms with Crippen molar-refractivity contribution in [1.82, 2.24) is 5.32 Å². The Bertz CT molecular complexity index is 635. The predicted molar refractivity (Wildman–Crippen MR) is 98.0 cm³/mol. The lowest BCUT2D eigenvalue weighted by Crippen LogP contribution is -2.67. The summed E-state index contributed by atoms with van der Waals surface area (Å²) < 4.78 is 21.8. The highest BCUT2D eigenvalue weighted by molar-refractivity contribution is 5.73. The number of amides is 1. The van der Waals surface area contributed by atoms with E-state index in [1.807, 2.05) is 0 Å². The van der Waals surface area contributed by atoms with Crippen molar-refractivity contribution in [3.8, 4) is 0 Å². The lowest BCUT2D eigenvalue weighted by atomic mass is 9.95. The number of aliphatic hydroxyl groups excluding tert-OH is 6. The van der Waals surface area contributed by atoms with Crippen molar-refractivity contribution in [2.75, 3.05) is 26.4 Å². The summed E-state index contributed by atoms with van der Waals surface area (Å²) in [5.74, 6) is -0.537. The minimum absolute atomic E-state index is 0.0478. The van der Waals surface area contributed by atoms with E-state index in [0.29, 0.717) is 0 Å². The van der Waals surface area contributed by atoms with E-state index >= 15 is 0 Å². The van der Waals surface area contributed by atoms with Crippen LogP contribution in [0.3, 0.4) is 0 Å². The van der Waals surface area contributed by atoms with Crippen molar-refractivity contribution in [3.63, 3.8) is 0 Å². The Morgan fingerprint density at radius 2 is 1.68 bits per heavy atom. The third kappa shape index (κ3) is 6.21. The minimum atomic E-state index is -1.75. The maximum atomic E-state index is 11.6. The molecular weight excluding hydrogens is 424 g/mol. The van der Waals surface area contributed by atoms with Gasteiger partial charge in [0.15, 0.2) is 12.6 Å². The molecule has 0 aliphatic carbocycles. The molecule has 0 radical (unpaired) electrons. The Labute approximate surface area is 176 Å². The molecule has 2 rings (SSSR count). The number of nitrogens with zero attached hydrogens (tertiary/aromatic N) is 3. The molecule has 2 fully saturated rings. The molecule has 1 amide bonds. The quantitative estimate of drug-likeness (QED) is 0.0772. The van der Waals surface area contributed by atoms with Crippen molar-refractivity contribution < 1.29 is 54.4 Å². The lowest BCUT2D eigenvalue weighted by Gasteiger charge is -2.47. The molecule has 10 atom stereocenters. The maximum absolute atomic E-state index is 11.6. The van der Waals surface area contributed by atoms with Crippen LogP contribution in [0.2, 0.25) is 0 Å². The van der Waals surface area contributed by atoms with E-state index in [0.717, 1.165) is 0 Å².